The van der Waals surface area contributed by atoms with Crippen LogP contribution in [0.2, 0.25) is 5.02 Å². The van der Waals surface area contributed by atoms with Gasteiger partial charge in [-0.25, -0.2) is 4.39 Å². The summed E-state index contributed by atoms with van der Waals surface area (Å²) in [7, 11) is 0. The zero-order valence-corrected chi connectivity index (χ0v) is 9.83. The van der Waals surface area contributed by atoms with Gasteiger partial charge >= 0.3 is 0 Å². The Morgan fingerprint density at radius 1 is 1.43 bits per heavy atom. The van der Waals surface area contributed by atoms with Crippen molar-refractivity contribution in [1.82, 2.24) is 0 Å². The summed E-state index contributed by atoms with van der Waals surface area (Å²) in [5.41, 5.74) is 6.74. The molecule has 1 aliphatic rings. The maximum atomic E-state index is 13.2. The molecule has 0 radical (unpaired) electrons. The molecule has 0 bridgehead atoms. The van der Waals surface area contributed by atoms with Gasteiger partial charge in [-0.05, 0) is 52.9 Å². The van der Waals surface area contributed by atoms with Gasteiger partial charge in [0.15, 0.2) is 5.82 Å². The Kier molecular flexibility index (Phi) is 2.58. The number of halogens is 3. The van der Waals surface area contributed by atoms with Crippen LogP contribution in [0.25, 0.3) is 0 Å². The quantitative estimate of drug-likeness (QED) is 0.781. The number of hydrogen-bond donors (Lipinski definition) is 1. The molecule has 0 atom stereocenters. The molecule has 2 N–H and O–H groups in total. The molecule has 4 heteroatoms. The van der Waals surface area contributed by atoms with Gasteiger partial charge in [-0.1, -0.05) is 11.6 Å². The third-order valence-corrected chi connectivity index (χ3v) is 3.66. The molecule has 0 aromatic heterocycles. The molecule has 1 aromatic carbocycles. The van der Waals surface area contributed by atoms with Crippen LogP contribution in [0.1, 0.15) is 24.8 Å². The Hall–Kier alpha value is -0.120. The van der Waals surface area contributed by atoms with E-state index in [-0.39, 0.29) is 10.6 Å². The third-order valence-electron chi connectivity index (χ3n) is 2.80. The van der Waals surface area contributed by atoms with Crippen molar-refractivity contribution in [3.8, 4) is 0 Å². The minimum absolute atomic E-state index is 0.131. The van der Waals surface area contributed by atoms with Gasteiger partial charge in [-0.2, -0.15) is 0 Å². The summed E-state index contributed by atoms with van der Waals surface area (Å²) in [6, 6.07) is 3.35. The van der Waals surface area contributed by atoms with Crippen molar-refractivity contribution in [2.75, 3.05) is 0 Å². The van der Waals surface area contributed by atoms with E-state index in [2.05, 4.69) is 15.9 Å². The summed E-state index contributed by atoms with van der Waals surface area (Å²) < 4.78 is 13.6. The second kappa shape index (κ2) is 3.47. The van der Waals surface area contributed by atoms with E-state index in [9.17, 15) is 4.39 Å². The largest absolute Gasteiger partial charge is 0.321 e. The van der Waals surface area contributed by atoms with Crippen molar-refractivity contribution in [3.05, 3.63) is 33.0 Å². The van der Waals surface area contributed by atoms with E-state index in [0.717, 1.165) is 24.8 Å². The molecule has 0 aliphatic heterocycles. The van der Waals surface area contributed by atoms with Crippen LogP contribution in [0.4, 0.5) is 4.39 Å². The fraction of sp³-hybridized carbons (Fsp3) is 0.400. The molecule has 2 rings (SSSR count). The Labute approximate surface area is 95.6 Å². The van der Waals surface area contributed by atoms with Crippen molar-refractivity contribution in [2.45, 2.75) is 24.8 Å². The van der Waals surface area contributed by atoms with Gasteiger partial charge in [0.2, 0.25) is 0 Å². The molecule has 0 unspecified atom stereocenters. The van der Waals surface area contributed by atoms with E-state index in [1.54, 1.807) is 12.1 Å². The normalized spacial score (nSPS) is 19.1. The first-order chi connectivity index (χ1) is 6.53. The Bertz CT molecular complexity index is 353. The average Bonchev–Trinajstić information content (AvgIpc) is 2.09. The lowest BCUT2D eigenvalue weighted by atomic mass is 9.73. The van der Waals surface area contributed by atoms with E-state index >= 15 is 0 Å². The maximum absolute atomic E-state index is 13.2. The molecule has 1 fully saturated rings. The summed E-state index contributed by atoms with van der Waals surface area (Å²) in [5.74, 6) is -0.418. The molecule has 0 spiro atoms. The minimum atomic E-state index is -0.418. The third kappa shape index (κ3) is 1.58. The molecule has 1 aromatic rings. The molecule has 1 saturated carbocycles. The zero-order chi connectivity index (χ0) is 10.3. The van der Waals surface area contributed by atoms with Crippen LogP contribution in [0, 0.1) is 5.82 Å². The molecule has 14 heavy (non-hydrogen) atoms. The highest BCUT2D eigenvalue weighted by Gasteiger charge is 2.35. The smallest absolute Gasteiger partial charge is 0.155 e. The second-order valence-corrected chi connectivity index (χ2v) is 5.03. The van der Waals surface area contributed by atoms with Gasteiger partial charge in [0, 0.05) is 5.54 Å². The van der Waals surface area contributed by atoms with E-state index in [0.29, 0.717) is 4.47 Å². The standard InChI is InChI=1S/C10H10BrClFN/c11-7-4-6(5-8(12)9(7)13)10(14)2-1-3-10/h4-5H,1-3,14H2. The average molecular weight is 279 g/mol. The van der Waals surface area contributed by atoms with Crippen molar-refractivity contribution >= 4 is 27.5 Å². The van der Waals surface area contributed by atoms with Crippen molar-refractivity contribution < 1.29 is 4.39 Å². The van der Waals surface area contributed by atoms with Crippen LogP contribution >= 0.6 is 27.5 Å². The Morgan fingerprint density at radius 3 is 2.50 bits per heavy atom. The van der Waals surface area contributed by atoms with Crippen LogP contribution in [-0.2, 0) is 5.54 Å². The summed E-state index contributed by atoms with van der Waals surface area (Å²) in [6.07, 6.45) is 3.02. The van der Waals surface area contributed by atoms with Gasteiger partial charge in [0.25, 0.3) is 0 Å². The number of rotatable bonds is 1. The lowest BCUT2D eigenvalue weighted by molar-refractivity contribution is 0.253. The lowest BCUT2D eigenvalue weighted by Gasteiger charge is -2.38. The highest BCUT2D eigenvalue weighted by molar-refractivity contribution is 9.10. The highest BCUT2D eigenvalue weighted by Crippen LogP contribution is 2.41. The van der Waals surface area contributed by atoms with Crippen molar-refractivity contribution in [2.24, 2.45) is 5.73 Å². The van der Waals surface area contributed by atoms with Gasteiger partial charge in [-0.15, -0.1) is 0 Å². The van der Waals surface area contributed by atoms with Crippen LogP contribution in [0.5, 0.6) is 0 Å². The van der Waals surface area contributed by atoms with Crippen LogP contribution in [-0.4, -0.2) is 0 Å². The first-order valence-corrected chi connectivity index (χ1v) is 5.64. The van der Waals surface area contributed by atoms with Crippen molar-refractivity contribution in [1.29, 1.82) is 0 Å². The number of hydrogen-bond acceptors (Lipinski definition) is 1. The molecule has 1 aliphatic carbocycles. The molecular formula is C10H10BrClFN. The van der Waals surface area contributed by atoms with Gasteiger partial charge in [0.05, 0.1) is 9.50 Å². The topological polar surface area (TPSA) is 26.0 Å². The summed E-state index contributed by atoms with van der Waals surface area (Å²) in [6.45, 7) is 0. The second-order valence-electron chi connectivity index (χ2n) is 3.76. The predicted octanol–water partition coefficient (Wildman–Crippen LogP) is 3.58. The number of benzene rings is 1. The maximum Gasteiger partial charge on any atom is 0.155 e. The summed E-state index contributed by atoms with van der Waals surface area (Å²) >= 11 is 8.87. The summed E-state index contributed by atoms with van der Waals surface area (Å²) in [5, 5.41) is 0.131. The van der Waals surface area contributed by atoms with Crippen LogP contribution in [0.3, 0.4) is 0 Å². The predicted molar refractivity (Wildman–Crippen MR) is 58.8 cm³/mol. The van der Waals surface area contributed by atoms with Gasteiger partial charge < -0.3 is 5.73 Å². The molecular weight excluding hydrogens is 268 g/mol. The van der Waals surface area contributed by atoms with Gasteiger partial charge in [0.1, 0.15) is 0 Å². The van der Waals surface area contributed by atoms with E-state index < -0.39 is 5.82 Å². The van der Waals surface area contributed by atoms with Crippen LogP contribution in [0.15, 0.2) is 16.6 Å². The van der Waals surface area contributed by atoms with E-state index in [1.807, 2.05) is 0 Å². The van der Waals surface area contributed by atoms with E-state index in [4.69, 9.17) is 17.3 Å². The SMILES string of the molecule is NC1(c2cc(Cl)c(F)c(Br)c2)CCC1. The van der Waals surface area contributed by atoms with Crippen molar-refractivity contribution in [3.63, 3.8) is 0 Å². The fourth-order valence-corrected chi connectivity index (χ4v) is 2.48. The van der Waals surface area contributed by atoms with E-state index in [1.165, 1.54) is 0 Å². The number of nitrogens with two attached hydrogens (primary N) is 1. The summed E-state index contributed by atoms with van der Waals surface area (Å²) in [4.78, 5) is 0. The Balaban J connectivity index is 2.45. The molecule has 76 valence electrons. The van der Waals surface area contributed by atoms with Gasteiger partial charge in [-0.3, -0.25) is 0 Å². The monoisotopic (exact) mass is 277 g/mol. The highest BCUT2D eigenvalue weighted by atomic mass is 79.9. The first-order valence-electron chi connectivity index (χ1n) is 4.47. The zero-order valence-electron chi connectivity index (χ0n) is 7.49. The molecule has 0 amide bonds. The first kappa shape index (κ1) is 10.4. The van der Waals surface area contributed by atoms with Crippen LogP contribution < -0.4 is 5.73 Å². The Morgan fingerprint density at radius 2 is 2.07 bits per heavy atom. The lowest BCUT2D eigenvalue weighted by Crippen LogP contribution is -2.43. The minimum Gasteiger partial charge on any atom is -0.321 e. The molecule has 0 heterocycles. The molecule has 1 nitrogen and oxygen atoms in total. The molecule has 0 saturated heterocycles. The fourth-order valence-electron chi connectivity index (χ4n) is 1.69.